The van der Waals surface area contributed by atoms with Gasteiger partial charge in [-0.3, -0.25) is 9.78 Å². The van der Waals surface area contributed by atoms with E-state index in [0.717, 1.165) is 29.8 Å². The number of likely N-dealkylation sites (tertiary alicyclic amines) is 1. The maximum atomic E-state index is 13.3. The van der Waals surface area contributed by atoms with Gasteiger partial charge in [-0.2, -0.15) is 0 Å². The van der Waals surface area contributed by atoms with Crippen molar-refractivity contribution in [2.75, 3.05) is 27.7 Å². The van der Waals surface area contributed by atoms with E-state index in [9.17, 15) is 4.79 Å². The van der Waals surface area contributed by atoms with Crippen molar-refractivity contribution in [2.45, 2.75) is 64.0 Å². The third kappa shape index (κ3) is 4.65. The molecule has 1 aliphatic heterocycles. The summed E-state index contributed by atoms with van der Waals surface area (Å²) in [6, 6.07) is 4.29. The lowest BCUT2D eigenvalue weighted by molar-refractivity contribution is -0.235. The van der Waals surface area contributed by atoms with E-state index in [4.69, 9.17) is 19.2 Å². The van der Waals surface area contributed by atoms with Crippen molar-refractivity contribution >= 4 is 27.3 Å². The van der Waals surface area contributed by atoms with E-state index in [-0.39, 0.29) is 25.5 Å². The number of aryl methyl sites for hydroxylation is 1. The van der Waals surface area contributed by atoms with Crippen LogP contribution >= 0.6 is 11.3 Å². The maximum Gasteiger partial charge on any atom is 0.259 e. The number of amides is 1. The minimum atomic E-state index is -0.962. The van der Waals surface area contributed by atoms with E-state index in [0.29, 0.717) is 12.3 Å². The summed E-state index contributed by atoms with van der Waals surface area (Å²) in [5.74, 6) is 1.30. The molecular formula is C24H34N2O4S. The molecule has 6 nitrogen and oxygen atoms in total. The van der Waals surface area contributed by atoms with Gasteiger partial charge >= 0.3 is 0 Å². The fraction of sp³-hybridized carbons (Fsp3) is 0.667. The standard InChI is InChI=1S/C24H34N2O4S/c1-16(2)11-22-24(30-15-29-4,23(27)26(22)14-28-3)13-20-19-12-18(8-7-17-5-6-17)31-21(19)9-10-25-20/h9-10,12,16-17,22H,5-8,11,13-15H2,1-4H3/t22-,24+/m0/s1. The average molecular weight is 447 g/mol. The van der Waals surface area contributed by atoms with E-state index in [2.05, 4.69) is 26.0 Å². The summed E-state index contributed by atoms with van der Waals surface area (Å²) >= 11 is 1.85. The number of hydrogen-bond acceptors (Lipinski definition) is 6. The van der Waals surface area contributed by atoms with Crippen LogP contribution in [0.4, 0.5) is 0 Å². The van der Waals surface area contributed by atoms with E-state index in [1.54, 1.807) is 19.1 Å². The minimum Gasteiger partial charge on any atom is -0.364 e. The number of hydrogen-bond donors (Lipinski definition) is 0. The Morgan fingerprint density at radius 3 is 2.77 bits per heavy atom. The smallest absolute Gasteiger partial charge is 0.259 e. The minimum absolute atomic E-state index is 0.0416. The van der Waals surface area contributed by atoms with Gasteiger partial charge in [0.05, 0.1) is 11.7 Å². The highest BCUT2D eigenvalue weighted by molar-refractivity contribution is 7.19. The molecule has 1 amide bonds. The summed E-state index contributed by atoms with van der Waals surface area (Å²) in [6.45, 7) is 4.68. The first-order valence-corrected chi connectivity index (χ1v) is 12.1. The van der Waals surface area contributed by atoms with Crippen LogP contribution in [-0.4, -0.2) is 55.2 Å². The fourth-order valence-corrected chi connectivity index (χ4v) is 5.76. The second kappa shape index (κ2) is 9.53. The number of carbonyl (C=O) groups excluding carboxylic acids is 1. The molecule has 2 aromatic heterocycles. The zero-order chi connectivity index (χ0) is 22.0. The van der Waals surface area contributed by atoms with Crippen molar-refractivity contribution in [3.63, 3.8) is 0 Å². The molecule has 2 aromatic rings. The van der Waals surface area contributed by atoms with Crippen LogP contribution in [0.2, 0.25) is 0 Å². The summed E-state index contributed by atoms with van der Waals surface area (Å²) in [5.41, 5.74) is -0.0300. The number of ether oxygens (including phenoxy) is 3. The molecule has 7 heteroatoms. The van der Waals surface area contributed by atoms with Gasteiger partial charge in [0.2, 0.25) is 0 Å². The van der Waals surface area contributed by atoms with Gasteiger partial charge in [0.1, 0.15) is 13.5 Å². The molecule has 1 aliphatic carbocycles. The monoisotopic (exact) mass is 446 g/mol. The Kier molecular flexibility index (Phi) is 6.96. The largest absolute Gasteiger partial charge is 0.364 e. The Morgan fingerprint density at radius 2 is 2.10 bits per heavy atom. The maximum absolute atomic E-state index is 13.3. The van der Waals surface area contributed by atoms with Crippen LogP contribution in [0.5, 0.6) is 0 Å². The van der Waals surface area contributed by atoms with Crippen LogP contribution in [0, 0.1) is 11.8 Å². The highest BCUT2D eigenvalue weighted by atomic mass is 32.1. The van der Waals surface area contributed by atoms with Gasteiger partial charge in [-0.05, 0) is 43.2 Å². The molecule has 2 atom stereocenters. The topological polar surface area (TPSA) is 60.9 Å². The number of thiophene rings is 1. The lowest BCUT2D eigenvalue weighted by atomic mass is 9.74. The second-order valence-electron chi connectivity index (χ2n) is 9.32. The molecule has 2 aliphatic rings. The van der Waals surface area contributed by atoms with E-state index in [1.165, 1.54) is 28.8 Å². The van der Waals surface area contributed by atoms with Crippen LogP contribution in [-0.2, 0) is 31.8 Å². The number of nitrogens with zero attached hydrogens (tertiary/aromatic N) is 2. The van der Waals surface area contributed by atoms with Crippen molar-refractivity contribution < 1.29 is 19.0 Å². The summed E-state index contributed by atoms with van der Waals surface area (Å²) in [4.78, 5) is 21.2. The Hall–Kier alpha value is -1.54. The summed E-state index contributed by atoms with van der Waals surface area (Å²) in [7, 11) is 3.21. The van der Waals surface area contributed by atoms with Crippen molar-refractivity contribution in [3.05, 3.63) is 28.9 Å². The molecular weight excluding hydrogens is 412 g/mol. The molecule has 1 saturated carbocycles. The van der Waals surface area contributed by atoms with Crippen LogP contribution in [0.25, 0.3) is 10.1 Å². The zero-order valence-corrected chi connectivity index (χ0v) is 19.9. The summed E-state index contributed by atoms with van der Waals surface area (Å²) in [5, 5.41) is 1.15. The van der Waals surface area contributed by atoms with Gasteiger partial charge in [-0.1, -0.05) is 26.7 Å². The first-order valence-electron chi connectivity index (χ1n) is 11.3. The normalized spacial score (nSPS) is 23.7. The Morgan fingerprint density at radius 1 is 1.29 bits per heavy atom. The second-order valence-corrected chi connectivity index (χ2v) is 10.5. The molecule has 170 valence electrons. The third-order valence-corrected chi connectivity index (χ3v) is 7.60. The van der Waals surface area contributed by atoms with Crippen molar-refractivity contribution in [1.82, 2.24) is 9.88 Å². The van der Waals surface area contributed by atoms with Crippen molar-refractivity contribution in [1.29, 1.82) is 0 Å². The van der Waals surface area contributed by atoms with Crippen molar-refractivity contribution in [2.24, 2.45) is 11.8 Å². The molecule has 0 N–H and O–H groups in total. The summed E-state index contributed by atoms with van der Waals surface area (Å²) in [6.07, 6.45) is 8.32. The van der Waals surface area contributed by atoms with Gasteiger partial charge in [0.15, 0.2) is 5.60 Å². The zero-order valence-electron chi connectivity index (χ0n) is 19.1. The van der Waals surface area contributed by atoms with Gasteiger partial charge in [-0.15, -0.1) is 11.3 Å². The van der Waals surface area contributed by atoms with Crippen molar-refractivity contribution in [3.8, 4) is 0 Å². The Labute approximate surface area is 188 Å². The fourth-order valence-electron chi connectivity index (χ4n) is 4.67. The number of methoxy groups -OCH3 is 2. The van der Waals surface area contributed by atoms with Crippen LogP contribution in [0.3, 0.4) is 0 Å². The molecule has 2 fully saturated rings. The van der Waals surface area contributed by atoms with E-state index < -0.39 is 5.60 Å². The highest BCUT2D eigenvalue weighted by Gasteiger charge is 2.62. The molecule has 0 aromatic carbocycles. The first-order chi connectivity index (χ1) is 15.0. The quantitative estimate of drug-likeness (QED) is 0.357. The van der Waals surface area contributed by atoms with Crippen LogP contribution in [0.15, 0.2) is 18.3 Å². The molecule has 0 unspecified atom stereocenters. The average Bonchev–Trinajstić information content (AvgIpc) is 3.49. The number of fused-ring (bicyclic) bond motifs is 1. The first kappa shape index (κ1) is 22.6. The van der Waals surface area contributed by atoms with Gasteiger partial charge in [0, 0.05) is 41.8 Å². The molecule has 3 heterocycles. The number of aromatic nitrogens is 1. The lowest BCUT2D eigenvalue weighted by Crippen LogP contribution is -2.76. The van der Waals surface area contributed by atoms with Gasteiger partial charge < -0.3 is 19.1 Å². The number of pyridine rings is 1. The van der Waals surface area contributed by atoms with E-state index in [1.807, 2.05) is 17.5 Å². The number of carbonyl (C=O) groups is 1. The molecule has 0 bridgehead atoms. The molecule has 4 rings (SSSR count). The molecule has 1 saturated heterocycles. The van der Waals surface area contributed by atoms with Crippen LogP contribution < -0.4 is 0 Å². The molecule has 31 heavy (non-hydrogen) atoms. The Bertz CT molecular complexity index is 910. The van der Waals surface area contributed by atoms with E-state index >= 15 is 0 Å². The molecule has 0 radical (unpaired) electrons. The van der Waals surface area contributed by atoms with Gasteiger partial charge in [0.25, 0.3) is 5.91 Å². The van der Waals surface area contributed by atoms with Gasteiger partial charge in [-0.25, -0.2) is 0 Å². The molecule has 0 spiro atoms. The SMILES string of the molecule is COCO[C@@]1(Cc2nccc3sc(CCC4CC4)cc23)C(=O)N(COC)[C@H]1CC(C)C. The van der Waals surface area contributed by atoms with Crippen LogP contribution in [0.1, 0.15) is 50.1 Å². The Balaban J connectivity index is 1.63. The number of β-lactam (4-membered cyclic amide) rings is 1. The third-order valence-electron chi connectivity index (χ3n) is 6.44. The summed E-state index contributed by atoms with van der Waals surface area (Å²) < 4.78 is 17.9. The highest BCUT2D eigenvalue weighted by Crippen LogP contribution is 2.42. The number of rotatable bonds is 12. The lowest BCUT2D eigenvalue weighted by Gasteiger charge is -2.55. The predicted molar refractivity (Wildman–Crippen MR) is 122 cm³/mol. The predicted octanol–water partition coefficient (Wildman–Crippen LogP) is 4.40.